The van der Waals surface area contributed by atoms with E-state index in [2.05, 4.69) is 27.3 Å². The van der Waals surface area contributed by atoms with Crippen LogP contribution in [0.25, 0.3) is 0 Å². The van der Waals surface area contributed by atoms with E-state index in [4.69, 9.17) is 0 Å². The van der Waals surface area contributed by atoms with Gasteiger partial charge in [-0.1, -0.05) is 36.4 Å². The van der Waals surface area contributed by atoms with Crippen LogP contribution < -0.4 is 5.32 Å². The average Bonchev–Trinajstić information content (AvgIpc) is 3.10. The second kappa shape index (κ2) is 8.20. The highest BCUT2D eigenvalue weighted by atomic mass is 16.3. The number of aliphatic hydroxyl groups is 1. The summed E-state index contributed by atoms with van der Waals surface area (Å²) in [5, 5.41) is 13.8. The highest BCUT2D eigenvalue weighted by Crippen LogP contribution is 2.19. The highest BCUT2D eigenvalue weighted by molar-refractivity contribution is 5.27. The summed E-state index contributed by atoms with van der Waals surface area (Å²) >= 11 is 0. The van der Waals surface area contributed by atoms with Crippen molar-refractivity contribution in [2.24, 2.45) is 0 Å². The Bertz CT molecular complexity index is 530. The van der Waals surface area contributed by atoms with Crippen LogP contribution >= 0.6 is 0 Å². The highest BCUT2D eigenvalue weighted by Gasteiger charge is 2.19. The van der Waals surface area contributed by atoms with Crippen LogP contribution in [-0.2, 0) is 0 Å². The minimum absolute atomic E-state index is 0.00521. The quantitative estimate of drug-likeness (QED) is 0.823. The molecule has 4 heteroatoms. The molecule has 0 aliphatic carbocycles. The Hall–Kier alpha value is -1.75. The third-order valence-electron chi connectivity index (χ3n) is 4.34. The van der Waals surface area contributed by atoms with Crippen LogP contribution in [0.5, 0.6) is 0 Å². The summed E-state index contributed by atoms with van der Waals surface area (Å²) in [6.45, 7) is 3.53. The Kier molecular flexibility index (Phi) is 5.75. The van der Waals surface area contributed by atoms with Gasteiger partial charge in [0.2, 0.25) is 0 Å². The normalized spacial score (nSPS) is 18.0. The number of benzene rings is 1. The molecule has 3 rings (SSSR count). The Labute approximate surface area is 138 Å². The fourth-order valence-electron chi connectivity index (χ4n) is 3.17. The van der Waals surface area contributed by atoms with Crippen molar-refractivity contribution >= 4 is 0 Å². The molecule has 0 spiro atoms. The van der Waals surface area contributed by atoms with Crippen LogP contribution in [0.15, 0.2) is 54.7 Å². The standard InChI is InChI=1S/C19H25N3O/c23-17(15-22-12-6-7-13-22)14-21-19(16-8-2-1-3-9-16)18-10-4-5-11-20-18/h1-5,8-11,17,19,21,23H,6-7,12-15H2. The number of rotatable bonds is 7. The lowest BCUT2D eigenvalue weighted by Gasteiger charge is -2.23. The summed E-state index contributed by atoms with van der Waals surface area (Å²) in [5.41, 5.74) is 2.15. The second-order valence-electron chi connectivity index (χ2n) is 6.17. The van der Waals surface area contributed by atoms with Gasteiger partial charge in [0.1, 0.15) is 0 Å². The molecule has 1 fully saturated rings. The van der Waals surface area contributed by atoms with E-state index in [0.29, 0.717) is 6.54 Å². The van der Waals surface area contributed by atoms with Crippen molar-refractivity contribution in [2.75, 3.05) is 26.2 Å². The van der Waals surface area contributed by atoms with E-state index < -0.39 is 0 Å². The van der Waals surface area contributed by atoms with E-state index in [1.54, 1.807) is 0 Å². The fraction of sp³-hybridized carbons (Fsp3) is 0.421. The van der Waals surface area contributed by atoms with Crippen LogP contribution in [0.4, 0.5) is 0 Å². The van der Waals surface area contributed by atoms with E-state index in [0.717, 1.165) is 25.3 Å². The van der Waals surface area contributed by atoms with Gasteiger partial charge in [-0.05, 0) is 43.6 Å². The van der Waals surface area contributed by atoms with Gasteiger partial charge in [0.25, 0.3) is 0 Å². The summed E-state index contributed by atoms with van der Waals surface area (Å²) in [7, 11) is 0. The van der Waals surface area contributed by atoms with E-state index in [-0.39, 0.29) is 12.1 Å². The number of likely N-dealkylation sites (tertiary alicyclic amines) is 1. The maximum Gasteiger partial charge on any atom is 0.0791 e. The SMILES string of the molecule is OC(CNC(c1ccccc1)c1ccccn1)CN1CCCC1. The van der Waals surface area contributed by atoms with Gasteiger partial charge in [0.05, 0.1) is 17.8 Å². The largest absolute Gasteiger partial charge is 0.390 e. The monoisotopic (exact) mass is 311 g/mol. The molecule has 2 unspecified atom stereocenters. The molecule has 0 bridgehead atoms. The van der Waals surface area contributed by atoms with E-state index in [1.807, 2.05) is 42.6 Å². The van der Waals surface area contributed by atoms with Gasteiger partial charge in [-0.3, -0.25) is 4.98 Å². The number of aliphatic hydroxyl groups excluding tert-OH is 1. The number of hydrogen-bond donors (Lipinski definition) is 2. The Morgan fingerprint density at radius 2 is 1.78 bits per heavy atom. The molecule has 2 heterocycles. The molecule has 23 heavy (non-hydrogen) atoms. The van der Waals surface area contributed by atoms with Gasteiger partial charge in [0, 0.05) is 19.3 Å². The van der Waals surface area contributed by atoms with Crippen molar-refractivity contribution in [3.8, 4) is 0 Å². The molecule has 1 saturated heterocycles. The van der Waals surface area contributed by atoms with Gasteiger partial charge in [-0.15, -0.1) is 0 Å². The molecular formula is C19H25N3O. The molecule has 1 aromatic heterocycles. The van der Waals surface area contributed by atoms with E-state index in [1.165, 1.54) is 18.4 Å². The van der Waals surface area contributed by atoms with Crippen LogP contribution in [0.1, 0.15) is 30.1 Å². The zero-order chi connectivity index (χ0) is 15.9. The Morgan fingerprint density at radius 3 is 2.48 bits per heavy atom. The van der Waals surface area contributed by atoms with Crippen molar-refractivity contribution in [3.63, 3.8) is 0 Å². The number of β-amino-alcohol motifs (C(OH)–C–C–N with tert-alkyl or cyclic N) is 1. The van der Waals surface area contributed by atoms with Crippen LogP contribution in [0, 0.1) is 0 Å². The maximum absolute atomic E-state index is 10.3. The Balaban J connectivity index is 1.64. The van der Waals surface area contributed by atoms with Gasteiger partial charge in [0.15, 0.2) is 0 Å². The fourth-order valence-corrected chi connectivity index (χ4v) is 3.17. The van der Waals surface area contributed by atoms with Gasteiger partial charge >= 0.3 is 0 Å². The summed E-state index contributed by atoms with van der Waals surface area (Å²) in [5.74, 6) is 0. The molecule has 2 atom stereocenters. The third-order valence-corrected chi connectivity index (χ3v) is 4.34. The lowest BCUT2D eigenvalue weighted by Crippen LogP contribution is -2.38. The third kappa shape index (κ3) is 4.61. The van der Waals surface area contributed by atoms with Crippen molar-refractivity contribution in [2.45, 2.75) is 25.0 Å². The molecule has 4 nitrogen and oxygen atoms in total. The van der Waals surface area contributed by atoms with Crippen molar-refractivity contribution < 1.29 is 5.11 Å². The number of nitrogens with one attached hydrogen (secondary N) is 1. The number of aromatic nitrogens is 1. The zero-order valence-electron chi connectivity index (χ0n) is 13.4. The molecule has 2 aromatic rings. The van der Waals surface area contributed by atoms with Crippen LogP contribution in [0.2, 0.25) is 0 Å². The first-order valence-electron chi connectivity index (χ1n) is 8.42. The van der Waals surface area contributed by atoms with Gasteiger partial charge in [-0.25, -0.2) is 0 Å². The average molecular weight is 311 g/mol. The van der Waals surface area contributed by atoms with Crippen molar-refractivity contribution in [1.82, 2.24) is 15.2 Å². The topological polar surface area (TPSA) is 48.4 Å². The summed E-state index contributed by atoms with van der Waals surface area (Å²) in [6, 6.07) is 16.2. The number of pyridine rings is 1. The molecule has 0 radical (unpaired) electrons. The smallest absolute Gasteiger partial charge is 0.0791 e. The van der Waals surface area contributed by atoms with E-state index >= 15 is 0 Å². The van der Waals surface area contributed by atoms with Crippen molar-refractivity contribution in [1.29, 1.82) is 0 Å². The van der Waals surface area contributed by atoms with Crippen LogP contribution in [0.3, 0.4) is 0 Å². The Morgan fingerprint density at radius 1 is 1.04 bits per heavy atom. The van der Waals surface area contributed by atoms with Gasteiger partial charge < -0.3 is 15.3 Å². The lowest BCUT2D eigenvalue weighted by atomic mass is 10.0. The van der Waals surface area contributed by atoms with Crippen molar-refractivity contribution in [3.05, 3.63) is 66.0 Å². The number of nitrogens with zero attached hydrogens (tertiary/aromatic N) is 2. The minimum atomic E-state index is -0.358. The summed E-state index contributed by atoms with van der Waals surface area (Å²) < 4.78 is 0. The predicted molar refractivity (Wildman–Crippen MR) is 92.2 cm³/mol. The maximum atomic E-state index is 10.3. The van der Waals surface area contributed by atoms with E-state index in [9.17, 15) is 5.11 Å². The molecule has 122 valence electrons. The van der Waals surface area contributed by atoms with Crippen LogP contribution in [-0.4, -0.2) is 47.3 Å². The number of hydrogen-bond acceptors (Lipinski definition) is 4. The summed E-state index contributed by atoms with van der Waals surface area (Å²) in [4.78, 5) is 6.82. The minimum Gasteiger partial charge on any atom is -0.390 e. The molecule has 1 aliphatic rings. The first-order valence-corrected chi connectivity index (χ1v) is 8.42. The summed E-state index contributed by atoms with van der Waals surface area (Å²) in [6.07, 6.45) is 3.96. The zero-order valence-corrected chi connectivity index (χ0v) is 13.4. The first kappa shape index (κ1) is 16.1. The second-order valence-corrected chi connectivity index (χ2v) is 6.17. The molecule has 0 amide bonds. The molecule has 2 N–H and O–H groups in total. The first-order chi connectivity index (χ1) is 11.3. The van der Waals surface area contributed by atoms with Gasteiger partial charge in [-0.2, -0.15) is 0 Å². The molecule has 0 saturated carbocycles. The lowest BCUT2D eigenvalue weighted by molar-refractivity contribution is 0.121. The molecular weight excluding hydrogens is 286 g/mol. The predicted octanol–water partition coefficient (Wildman–Crippen LogP) is 2.22. The molecule has 1 aliphatic heterocycles. The molecule has 1 aromatic carbocycles.